The molecule has 130 valence electrons. The minimum absolute atomic E-state index is 0.103. The van der Waals surface area contributed by atoms with Gasteiger partial charge in [0.15, 0.2) is 5.82 Å². The second-order valence-corrected chi connectivity index (χ2v) is 5.82. The monoisotopic (exact) mass is 343 g/mol. The molecular formula is C15H17N7O3. The number of hydrogen-bond donors (Lipinski definition) is 1. The number of rotatable bonds is 5. The van der Waals surface area contributed by atoms with Crippen LogP contribution in [0.1, 0.15) is 47.0 Å². The highest BCUT2D eigenvalue weighted by Crippen LogP contribution is 2.26. The number of nitrogens with zero attached hydrogens (tertiary/aromatic N) is 6. The van der Waals surface area contributed by atoms with Crippen molar-refractivity contribution in [1.82, 2.24) is 35.0 Å². The van der Waals surface area contributed by atoms with Crippen molar-refractivity contribution in [2.24, 2.45) is 0 Å². The van der Waals surface area contributed by atoms with Crippen LogP contribution in [0.5, 0.6) is 0 Å². The van der Waals surface area contributed by atoms with Crippen molar-refractivity contribution >= 4 is 11.7 Å². The van der Waals surface area contributed by atoms with E-state index in [9.17, 15) is 4.79 Å². The van der Waals surface area contributed by atoms with Crippen molar-refractivity contribution < 1.29 is 14.1 Å². The summed E-state index contributed by atoms with van der Waals surface area (Å²) >= 11 is 0. The second kappa shape index (κ2) is 6.55. The zero-order valence-corrected chi connectivity index (χ0v) is 13.7. The summed E-state index contributed by atoms with van der Waals surface area (Å²) in [7, 11) is 0. The lowest BCUT2D eigenvalue weighted by molar-refractivity contribution is 0.0835. The molecule has 0 spiro atoms. The third-order valence-electron chi connectivity index (χ3n) is 3.95. The summed E-state index contributed by atoms with van der Waals surface area (Å²) in [5.74, 6) is 1.29. The number of aromatic nitrogens is 6. The fourth-order valence-electron chi connectivity index (χ4n) is 2.67. The van der Waals surface area contributed by atoms with Gasteiger partial charge < -0.3 is 14.6 Å². The van der Waals surface area contributed by atoms with E-state index in [4.69, 9.17) is 9.26 Å². The van der Waals surface area contributed by atoms with Crippen molar-refractivity contribution in [2.45, 2.75) is 32.3 Å². The van der Waals surface area contributed by atoms with Gasteiger partial charge in [-0.25, -0.2) is 4.98 Å². The maximum absolute atomic E-state index is 12.3. The highest BCUT2D eigenvalue weighted by molar-refractivity contribution is 5.91. The molecule has 0 aromatic carbocycles. The minimum atomic E-state index is -0.332. The van der Waals surface area contributed by atoms with Gasteiger partial charge in [0.05, 0.1) is 0 Å². The van der Waals surface area contributed by atoms with Gasteiger partial charge in [0, 0.05) is 31.5 Å². The van der Waals surface area contributed by atoms with Gasteiger partial charge in [0.25, 0.3) is 17.6 Å². The van der Waals surface area contributed by atoms with E-state index in [1.807, 2.05) is 6.92 Å². The second-order valence-electron chi connectivity index (χ2n) is 5.82. The van der Waals surface area contributed by atoms with Crippen LogP contribution in [0, 0.1) is 6.92 Å². The molecule has 0 unspecified atom stereocenters. The predicted octanol–water partition coefficient (Wildman–Crippen LogP) is 0.640. The highest BCUT2D eigenvalue weighted by Gasteiger charge is 2.23. The number of amides is 1. The Morgan fingerprint density at radius 1 is 1.40 bits per heavy atom. The molecule has 0 saturated carbocycles. The molecule has 3 aromatic heterocycles. The number of nitrogens with one attached hydrogen (secondary N) is 1. The Morgan fingerprint density at radius 3 is 3.16 bits per heavy atom. The van der Waals surface area contributed by atoms with Gasteiger partial charge in [-0.15, -0.1) is 10.2 Å². The van der Waals surface area contributed by atoms with E-state index < -0.39 is 0 Å². The zero-order chi connectivity index (χ0) is 17.2. The predicted molar refractivity (Wildman–Crippen MR) is 83.8 cm³/mol. The van der Waals surface area contributed by atoms with Gasteiger partial charge in [-0.2, -0.15) is 4.98 Å². The lowest BCUT2D eigenvalue weighted by Gasteiger charge is -2.02. The third-order valence-corrected chi connectivity index (χ3v) is 3.95. The largest absolute Gasteiger partial charge is 0.368 e. The average molecular weight is 343 g/mol. The van der Waals surface area contributed by atoms with Crippen molar-refractivity contribution in [3.63, 3.8) is 0 Å². The standard InChI is InChI=1S/C15H17N7O3/c1-9-5-7-22-12(19-20-15(22)17-9)13(23)16-6-4-11-18-14(25-21-11)10-3-2-8-24-10/h5,7,10H,2-4,6,8H2,1H3,(H,16,23)/t10-/m1/s1. The molecule has 25 heavy (non-hydrogen) atoms. The van der Waals surface area contributed by atoms with Crippen LogP contribution < -0.4 is 5.32 Å². The molecule has 4 rings (SSSR count). The summed E-state index contributed by atoms with van der Waals surface area (Å²) in [4.78, 5) is 20.8. The number of aryl methyl sites for hydroxylation is 1. The van der Waals surface area contributed by atoms with Crippen LogP contribution in [0.3, 0.4) is 0 Å². The molecule has 10 heteroatoms. The lowest BCUT2D eigenvalue weighted by atomic mass is 10.2. The van der Waals surface area contributed by atoms with Crippen molar-refractivity contribution in [1.29, 1.82) is 0 Å². The van der Waals surface area contributed by atoms with Crippen LogP contribution >= 0.6 is 0 Å². The number of hydrogen-bond acceptors (Lipinski definition) is 8. The van der Waals surface area contributed by atoms with E-state index in [0.717, 1.165) is 25.1 Å². The quantitative estimate of drug-likeness (QED) is 0.716. The molecule has 0 bridgehead atoms. The van der Waals surface area contributed by atoms with Crippen LogP contribution in [-0.4, -0.2) is 48.8 Å². The first-order valence-corrected chi connectivity index (χ1v) is 8.11. The van der Waals surface area contributed by atoms with Crippen LogP contribution in [0.2, 0.25) is 0 Å². The number of carbonyl (C=O) groups excluding carboxylic acids is 1. The van der Waals surface area contributed by atoms with Crippen molar-refractivity contribution in [3.05, 3.63) is 35.5 Å². The Balaban J connectivity index is 1.35. The molecule has 10 nitrogen and oxygen atoms in total. The molecule has 3 aromatic rings. The van der Waals surface area contributed by atoms with Gasteiger partial charge in [-0.05, 0) is 25.8 Å². The Labute approximate surface area is 142 Å². The van der Waals surface area contributed by atoms with Gasteiger partial charge in [0.2, 0.25) is 5.82 Å². The zero-order valence-electron chi connectivity index (χ0n) is 13.7. The Bertz CT molecular complexity index is 898. The van der Waals surface area contributed by atoms with E-state index in [2.05, 4.69) is 30.6 Å². The SMILES string of the molecule is Cc1ccn2c(C(=O)NCCc3noc([C@H]4CCCO4)n3)nnc2n1. The summed E-state index contributed by atoms with van der Waals surface area (Å²) < 4.78 is 12.3. The fraction of sp³-hybridized carbons (Fsp3) is 0.467. The van der Waals surface area contributed by atoms with Crippen molar-refractivity contribution in [2.75, 3.05) is 13.2 Å². The lowest BCUT2D eigenvalue weighted by Crippen LogP contribution is -2.27. The number of ether oxygens (including phenoxy) is 1. The average Bonchev–Trinajstić information content (AvgIpc) is 3.34. The summed E-state index contributed by atoms with van der Waals surface area (Å²) in [5, 5.41) is 14.5. The summed E-state index contributed by atoms with van der Waals surface area (Å²) in [6, 6.07) is 1.79. The molecule has 1 fully saturated rings. The molecule has 1 saturated heterocycles. The van der Waals surface area contributed by atoms with Gasteiger partial charge >= 0.3 is 0 Å². The molecule has 1 N–H and O–H groups in total. The summed E-state index contributed by atoms with van der Waals surface area (Å²) in [6.45, 7) is 2.93. The first kappa shape index (κ1) is 15.6. The van der Waals surface area contributed by atoms with E-state index in [0.29, 0.717) is 30.5 Å². The van der Waals surface area contributed by atoms with Gasteiger partial charge in [0.1, 0.15) is 6.10 Å². The van der Waals surface area contributed by atoms with Crippen LogP contribution in [0.15, 0.2) is 16.8 Å². The van der Waals surface area contributed by atoms with E-state index in [1.54, 1.807) is 16.7 Å². The first-order chi connectivity index (χ1) is 12.2. The van der Waals surface area contributed by atoms with E-state index >= 15 is 0 Å². The summed E-state index contributed by atoms with van der Waals surface area (Å²) in [6.07, 6.45) is 3.97. The first-order valence-electron chi connectivity index (χ1n) is 8.11. The van der Waals surface area contributed by atoms with E-state index in [-0.39, 0.29) is 17.8 Å². The molecule has 1 atom stereocenters. The molecule has 1 aliphatic heterocycles. The Kier molecular flexibility index (Phi) is 4.10. The fourth-order valence-corrected chi connectivity index (χ4v) is 2.67. The van der Waals surface area contributed by atoms with Crippen LogP contribution in [0.4, 0.5) is 0 Å². The van der Waals surface area contributed by atoms with E-state index in [1.165, 1.54) is 0 Å². The maximum Gasteiger partial charge on any atom is 0.289 e. The number of fused-ring (bicyclic) bond motifs is 1. The molecule has 1 amide bonds. The van der Waals surface area contributed by atoms with Crippen molar-refractivity contribution in [3.8, 4) is 0 Å². The molecule has 0 radical (unpaired) electrons. The highest BCUT2D eigenvalue weighted by atomic mass is 16.5. The third kappa shape index (κ3) is 3.20. The van der Waals surface area contributed by atoms with Gasteiger partial charge in [-0.3, -0.25) is 9.20 Å². The molecule has 1 aliphatic rings. The smallest absolute Gasteiger partial charge is 0.289 e. The Hall–Kier alpha value is -2.88. The molecule has 0 aliphatic carbocycles. The van der Waals surface area contributed by atoms with Gasteiger partial charge in [-0.1, -0.05) is 5.16 Å². The number of carbonyl (C=O) groups is 1. The summed E-state index contributed by atoms with van der Waals surface area (Å²) in [5.41, 5.74) is 0.811. The molecular weight excluding hydrogens is 326 g/mol. The Morgan fingerprint density at radius 2 is 2.32 bits per heavy atom. The maximum atomic E-state index is 12.3. The topological polar surface area (TPSA) is 120 Å². The van der Waals surface area contributed by atoms with Crippen LogP contribution in [0.25, 0.3) is 5.78 Å². The minimum Gasteiger partial charge on any atom is -0.368 e. The van der Waals surface area contributed by atoms with Crippen LogP contribution in [-0.2, 0) is 11.2 Å². The normalized spacial score (nSPS) is 17.2. The molecule has 4 heterocycles.